The van der Waals surface area contributed by atoms with Gasteiger partial charge in [0.1, 0.15) is 19.0 Å². The Hall–Kier alpha value is -0.110. The van der Waals surface area contributed by atoms with Gasteiger partial charge >= 0.3 is 6.16 Å². The highest BCUT2D eigenvalue weighted by Crippen LogP contribution is 2.40. The molecule has 3 heterocycles. The monoisotopic (exact) mass is 334 g/mol. The number of hydrogen-bond acceptors (Lipinski definition) is 7. The predicted octanol–water partition coefficient (Wildman–Crippen LogP) is 2.39. The molecule has 120 valence electrons. The fraction of sp³-hybridized carbons (Fsp3) is 0.929. The molecule has 5 atom stereocenters. The summed E-state index contributed by atoms with van der Waals surface area (Å²) >= 11 is 3.84. The number of carbonyl (C=O) groups excluding carboxylic acids is 1. The summed E-state index contributed by atoms with van der Waals surface area (Å²) in [6.07, 6.45) is 1.46. The average Bonchev–Trinajstić information content (AvgIpc) is 2.52. The maximum Gasteiger partial charge on any atom is 0.508 e. The van der Waals surface area contributed by atoms with Crippen LogP contribution in [0.1, 0.15) is 12.8 Å². The molecule has 0 aliphatic carbocycles. The minimum Gasteiger partial charge on any atom is -0.430 e. The highest BCUT2D eigenvalue weighted by molar-refractivity contribution is 7.99. The van der Waals surface area contributed by atoms with E-state index in [1.807, 2.05) is 23.5 Å². The fourth-order valence-electron chi connectivity index (χ4n) is 3.36. The molecule has 0 aromatic rings. The smallest absolute Gasteiger partial charge is 0.430 e. The number of thioether (sulfide) groups is 2. The zero-order valence-corrected chi connectivity index (χ0v) is 13.8. The number of carbonyl (C=O) groups is 1. The highest BCUT2D eigenvalue weighted by atomic mass is 32.2. The standard InChI is InChI=1S/C14H22O5S2/c1-16-8-17-11-2-4-20-6-9(11)13-10-7-21-5-3-12(10)18-14(15)19-13/h9-13H,2-8H2,1H3/t9-,10+,11+,12+,13+/m0/s1. The first-order valence-corrected chi connectivity index (χ1v) is 9.74. The third kappa shape index (κ3) is 3.63. The van der Waals surface area contributed by atoms with Crippen LogP contribution in [0.2, 0.25) is 0 Å². The topological polar surface area (TPSA) is 54.0 Å². The van der Waals surface area contributed by atoms with Gasteiger partial charge in [-0.1, -0.05) is 0 Å². The van der Waals surface area contributed by atoms with Crippen LogP contribution in [0, 0.1) is 11.8 Å². The van der Waals surface area contributed by atoms with Crippen LogP contribution in [0.25, 0.3) is 0 Å². The number of rotatable bonds is 4. The summed E-state index contributed by atoms with van der Waals surface area (Å²) < 4.78 is 21.9. The summed E-state index contributed by atoms with van der Waals surface area (Å²) in [5.41, 5.74) is 0. The SMILES string of the molecule is COCO[C@@H]1CCSC[C@@H]1[C@H]1OC(=O)O[C@@H]2CCSC[C@@H]12. The first kappa shape index (κ1) is 15.8. The highest BCUT2D eigenvalue weighted by Gasteiger charge is 2.48. The van der Waals surface area contributed by atoms with Crippen LogP contribution in [0.5, 0.6) is 0 Å². The molecule has 0 unspecified atom stereocenters. The van der Waals surface area contributed by atoms with Crippen molar-refractivity contribution in [2.24, 2.45) is 11.8 Å². The van der Waals surface area contributed by atoms with E-state index in [0.717, 1.165) is 35.9 Å². The van der Waals surface area contributed by atoms with E-state index in [2.05, 4.69) is 0 Å². The third-order valence-electron chi connectivity index (χ3n) is 4.39. The van der Waals surface area contributed by atoms with Gasteiger partial charge in [-0.15, -0.1) is 0 Å². The summed E-state index contributed by atoms with van der Waals surface area (Å²) in [5, 5.41) is 0. The zero-order chi connectivity index (χ0) is 14.7. The van der Waals surface area contributed by atoms with Gasteiger partial charge in [-0.25, -0.2) is 4.79 Å². The molecule has 0 bridgehead atoms. The Labute approximate surface area is 133 Å². The lowest BCUT2D eigenvalue weighted by Crippen LogP contribution is -2.54. The molecule has 0 aromatic carbocycles. The van der Waals surface area contributed by atoms with Crippen molar-refractivity contribution in [1.82, 2.24) is 0 Å². The van der Waals surface area contributed by atoms with E-state index < -0.39 is 6.16 Å². The van der Waals surface area contributed by atoms with Gasteiger partial charge in [0, 0.05) is 30.5 Å². The van der Waals surface area contributed by atoms with Crippen molar-refractivity contribution in [2.75, 3.05) is 36.9 Å². The van der Waals surface area contributed by atoms with Crippen molar-refractivity contribution in [3.05, 3.63) is 0 Å². The second kappa shape index (κ2) is 7.44. The molecule has 0 N–H and O–H groups in total. The maximum absolute atomic E-state index is 11.8. The van der Waals surface area contributed by atoms with Crippen LogP contribution in [0.15, 0.2) is 0 Å². The van der Waals surface area contributed by atoms with Gasteiger partial charge in [-0.3, -0.25) is 0 Å². The minimum absolute atomic E-state index is 0.0208. The third-order valence-corrected chi connectivity index (χ3v) is 6.68. The van der Waals surface area contributed by atoms with E-state index in [-0.39, 0.29) is 24.2 Å². The van der Waals surface area contributed by atoms with Crippen molar-refractivity contribution in [1.29, 1.82) is 0 Å². The van der Waals surface area contributed by atoms with Crippen LogP contribution in [0.3, 0.4) is 0 Å². The van der Waals surface area contributed by atoms with Gasteiger partial charge in [0.25, 0.3) is 0 Å². The number of methoxy groups -OCH3 is 1. The van der Waals surface area contributed by atoms with Crippen molar-refractivity contribution < 1.29 is 23.7 Å². The summed E-state index contributed by atoms with van der Waals surface area (Å²) in [4.78, 5) is 11.8. The van der Waals surface area contributed by atoms with Gasteiger partial charge in [0.05, 0.1) is 6.10 Å². The Morgan fingerprint density at radius 2 is 1.90 bits per heavy atom. The molecule has 3 rings (SSSR count). The van der Waals surface area contributed by atoms with Crippen molar-refractivity contribution in [3.8, 4) is 0 Å². The lowest BCUT2D eigenvalue weighted by molar-refractivity contribution is -0.151. The summed E-state index contributed by atoms with van der Waals surface area (Å²) in [6, 6.07) is 0. The van der Waals surface area contributed by atoms with Crippen LogP contribution < -0.4 is 0 Å². The summed E-state index contributed by atoms with van der Waals surface area (Å²) in [6.45, 7) is 0.297. The minimum atomic E-state index is -0.505. The quantitative estimate of drug-likeness (QED) is 0.578. The van der Waals surface area contributed by atoms with Crippen LogP contribution in [-0.2, 0) is 18.9 Å². The molecule has 21 heavy (non-hydrogen) atoms. The first-order valence-electron chi connectivity index (χ1n) is 7.43. The molecular weight excluding hydrogens is 312 g/mol. The van der Waals surface area contributed by atoms with Gasteiger partial charge in [-0.05, 0) is 24.3 Å². The second-order valence-corrected chi connectivity index (χ2v) is 7.95. The molecule has 0 spiro atoms. The predicted molar refractivity (Wildman–Crippen MR) is 82.8 cm³/mol. The average molecular weight is 334 g/mol. The van der Waals surface area contributed by atoms with Crippen molar-refractivity contribution in [3.63, 3.8) is 0 Å². The Kier molecular flexibility index (Phi) is 5.59. The maximum atomic E-state index is 11.8. The zero-order valence-electron chi connectivity index (χ0n) is 12.2. The van der Waals surface area contributed by atoms with Gasteiger partial charge in [0.2, 0.25) is 0 Å². The van der Waals surface area contributed by atoms with Crippen LogP contribution in [0.4, 0.5) is 4.79 Å². The van der Waals surface area contributed by atoms with E-state index in [4.69, 9.17) is 18.9 Å². The van der Waals surface area contributed by atoms with E-state index in [9.17, 15) is 4.79 Å². The molecule has 0 amide bonds. The van der Waals surface area contributed by atoms with Crippen molar-refractivity contribution in [2.45, 2.75) is 31.2 Å². The number of cyclic esters (lactones) is 1. The number of fused-ring (bicyclic) bond motifs is 1. The summed E-state index contributed by atoms with van der Waals surface area (Å²) in [5.74, 6) is 4.65. The molecular formula is C14H22O5S2. The fourth-order valence-corrected chi connectivity index (χ4v) is 5.84. The van der Waals surface area contributed by atoms with Gasteiger partial charge in [0.15, 0.2) is 0 Å². The molecule has 3 saturated heterocycles. The van der Waals surface area contributed by atoms with E-state index >= 15 is 0 Å². The largest absolute Gasteiger partial charge is 0.508 e. The van der Waals surface area contributed by atoms with E-state index in [0.29, 0.717) is 12.7 Å². The van der Waals surface area contributed by atoms with E-state index in [1.165, 1.54) is 0 Å². The number of hydrogen-bond donors (Lipinski definition) is 0. The molecule has 3 aliphatic rings. The Balaban J connectivity index is 1.72. The lowest BCUT2D eigenvalue weighted by atomic mass is 9.83. The van der Waals surface area contributed by atoms with Gasteiger partial charge < -0.3 is 18.9 Å². The molecule has 0 aromatic heterocycles. The molecule has 7 heteroatoms. The normalized spacial score (nSPS) is 40.0. The van der Waals surface area contributed by atoms with Crippen LogP contribution >= 0.6 is 23.5 Å². The molecule has 3 aliphatic heterocycles. The second-order valence-electron chi connectivity index (χ2n) is 5.66. The Morgan fingerprint density at radius 1 is 1.14 bits per heavy atom. The Bertz CT molecular complexity index is 367. The van der Waals surface area contributed by atoms with Crippen molar-refractivity contribution >= 4 is 29.7 Å². The summed E-state index contributed by atoms with van der Waals surface area (Å²) in [7, 11) is 1.63. The lowest BCUT2D eigenvalue weighted by Gasteiger charge is -2.45. The molecule has 0 radical (unpaired) electrons. The Morgan fingerprint density at radius 3 is 2.71 bits per heavy atom. The van der Waals surface area contributed by atoms with Gasteiger partial charge in [-0.2, -0.15) is 23.5 Å². The first-order chi connectivity index (χ1) is 10.3. The molecule has 0 saturated carbocycles. The van der Waals surface area contributed by atoms with Crippen LogP contribution in [-0.4, -0.2) is 61.4 Å². The molecule has 3 fully saturated rings. The molecule has 5 nitrogen and oxygen atoms in total. The number of ether oxygens (including phenoxy) is 4. The van der Waals surface area contributed by atoms with E-state index in [1.54, 1.807) is 7.11 Å².